The van der Waals surface area contributed by atoms with Crippen LogP contribution >= 0.6 is 11.3 Å². The third-order valence-corrected chi connectivity index (χ3v) is 4.30. The van der Waals surface area contributed by atoms with Crippen LogP contribution in [0, 0.1) is 6.92 Å². The number of hydrogen-bond donors (Lipinski definition) is 3. The predicted octanol–water partition coefficient (Wildman–Crippen LogP) is 2.01. The van der Waals surface area contributed by atoms with Crippen LogP contribution in [0.1, 0.15) is 17.5 Å². The third-order valence-electron chi connectivity index (χ3n) is 3.55. The van der Waals surface area contributed by atoms with E-state index < -0.39 is 6.04 Å². The smallest absolute Gasteiger partial charge is 0.249 e. The van der Waals surface area contributed by atoms with E-state index in [0.717, 1.165) is 21.5 Å². The maximum atomic E-state index is 12.5. The first kappa shape index (κ1) is 16.1. The van der Waals surface area contributed by atoms with Gasteiger partial charge in [0.1, 0.15) is 11.0 Å². The van der Waals surface area contributed by atoms with Crippen LogP contribution in [-0.4, -0.2) is 33.0 Å². The van der Waals surface area contributed by atoms with E-state index in [4.69, 9.17) is 0 Å². The van der Waals surface area contributed by atoms with Gasteiger partial charge in [0.05, 0.1) is 0 Å². The summed E-state index contributed by atoms with van der Waals surface area (Å²) in [6.45, 7) is 3.20. The second kappa shape index (κ2) is 6.79. The van der Waals surface area contributed by atoms with Crippen LogP contribution in [0.3, 0.4) is 0 Å². The van der Waals surface area contributed by atoms with E-state index in [1.165, 1.54) is 18.3 Å². The zero-order valence-corrected chi connectivity index (χ0v) is 14.1. The Balaban J connectivity index is 1.80. The number of benzene rings is 1. The fraction of sp³-hybridized carbons (Fsp3) is 0.250. The summed E-state index contributed by atoms with van der Waals surface area (Å²) in [5.74, 6) is -0.574. The highest BCUT2D eigenvalue weighted by Crippen LogP contribution is 2.20. The van der Waals surface area contributed by atoms with E-state index in [-0.39, 0.29) is 11.8 Å². The molecule has 0 aliphatic heterocycles. The zero-order valence-electron chi connectivity index (χ0n) is 13.3. The van der Waals surface area contributed by atoms with Crippen molar-refractivity contribution >= 4 is 39.2 Å². The van der Waals surface area contributed by atoms with Gasteiger partial charge in [-0.15, -0.1) is 10.2 Å². The average molecular weight is 343 g/mol. The van der Waals surface area contributed by atoms with Crippen LogP contribution in [0.4, 0.5) is 5.13 Å². The Morgan fingerprint density at radius 3 is 2.79 bits per heavy atom. The van der Waals surface area contributed by atoms with Crippen LogP contribution in [0.25, 0.3) is 10.9 Å². The standard InChI is InChI=1S/C16H17N5O2S/c1-9(22)18-14(15(23)19-16-21-20-10(2)24-16)7-11-8-17-13-6-4-3-5-12(11)13/h3-6,8,14,17H,7H2,1-2H3,(H,18,22)(H,19,21,23). The Kier molecular flexibility index (Phi) is 4.57. The minimum absolute atomic E-state index is 0.261. The molecule has 3 rings (SSSR count). The molecular formula is C16H17N5O2S. The number of carbonyl (C=O) groups excluding carboxylic acids is 2. The van der Waals surface area contributed by atoms with Gasteiger partial charge in [0.25, 0.3) is 0 Å². The fourth-order valence-electron chi connectivity index (χ4n) is 2.51. The molecule has 8 heteroatoms. The molecule has 2 heterocycles. The first-order chi connectivity index (χ1) is 11.5. The highest BCUT2D eigenvalue weighted by molar-refractivity contribution is 7.15. The van der Waals surface area contributed by atoms with Crippen molar-refractivity contribution in [3.05, 3.63) is 41.0 Å². The van der Waals surface area contributed by atoms with Gasteiger partial charge in [-0.3, -0.25) is 14.9 Å². The molecule has 124 valence electrons. The average Bonchev–Trinajstić information content (AvgIpc) is 3.13. The van der Waals surface area contributed by atoms with Crippen molar-refractivity contribution in [3.63, 3.8) is 0 Å². The molecule has 3 N–H and O–H groups in total. The molecular weight excluding hydrogens is 326 g/mol. The first-order valence-electron chi connectivity index (χ1n) is 7.46. The molecule has 1 atom stereocenters. The lowest BCUT2D eigenvalue weighted by molar-refractivity contribution is -0.125. The van der Waals surface area contributed by atoms with E-state index in [9.17, 15) is 9.59 Å². The number of rotatable bonds is 5. The van der Waals surface area contributed by atoms with Gasteiger partial charge in [0.15, 0.2) is 0 Å². The second-order valence-corrected chi connectivity index (χ2v) is 6.61. The van der Waals surface area contributed by atoms with Crippen LogP contribution in [0.15, 0.2) is 30.5 Å². The monoisotopic (exact) mass is 343 g/mol. The number of carbonyl (C=O) groups is 2. The highest BCUT2D eigenvalue weighted by atomic mass is 32.1. The summed E-state index contributed by atoms with van der Waals surface area (Å²) in [4.78, 5) is 27.2. The summed E-state index contributed by atoms with van der Waals surface area (Å²) < 4.78 is 0. The van der Waals surface area contributed by atoms with Crippen LogP contribution in [0.5, 0.6) is 0 Å². The van der Waals surface area contributed by atoms with Gasteiger partial charge >= 0.3 is 0 Å². The SMILES string of the molecule is CC(=O)NC(Cc1c[nH]c2ccccc12)C(=O)Nc1nnc(C)s1. The molecule has 7 nitrogen and oxygen atoms in total. The van der Waals surface area contributed by atoms with Crippen molar-refractivity contribution in [2.45, 2.75) is 26.3 Å². The van der Waals surface area contributed by atoms with Crippen LogP contribution in [0.2, 0.25) is 0 Å². The molecule has 0 saturated carbocycles. The Morgan fingerprint density at radius 2 is 2.08 bits per heavy atom. The summed E-state index contributed by atoms with van der Waals surface area (Å²) in [7, 11) is 0. The molecule has 0 bridgehead atoms. The number of amides is 2. The highest BCUT2D eigenvalue weighted by Gasteiger charge is 2.22. The summed E-state index contributed by atoms with van der Waals surface area (Å²) >= 11 is 1.29. The predicted molar refractivity (Wildman–Crippen MR) is 92.9 cm³/mol. The Hall–Kier alpha value is -2.74. The topological polar surface area (TPSA) is 99.8 Å². The molecule has 0 radical (unpaired) electrons. The first-order valence-corrected chi connectivity index (χ1v) is 8.27. The zero-order chi connectivity index (χ0) is 17.1. The second-order valence-electron chi connectivity index (χ2n) is 5.43. The number of para-hydroxylation sites is 1. The summed E-state index contributed by atoms with van der Waals surface area (Å²) in [6.07, 6.45) is 2.25. The molecule has 1 unspecified atom stereocenters. The number of aryl methyl sites for hydroxylation is 1. The third kappa shape index (κ3) is 3.60. The van der Waals surface area contributed by atoms with Crippen molar-refractivity contribution in [1.82, 2.24) is 20.5 Å². The van der Waals surface area contributed by atoms with Gasteiger partial charge in [-0.1, -0.05) is 29.5 Å². The number of anilines is 1. The molecule has 2 aromatic heterocycles. The number of nitrogens with one attached hydrogen (secondary N) is 3. The van der Waals surface area contributed by atoms with E-state index in [1.807, 2.05) is 37.4 Å². The van der Waals surface area contributed by atoms with Crippen molar-refractivity contribution in [1.29, 1.82) is 0 Å². The lowest BCUT2D eigenvalue weighted by Crippen LogP contribution is -2.44. The van der Waals surface area contributed by atoms with E-state index in [1.54, 1.807) is 0 Å². The quantitative estimate of drug-likeness (QED) is 0.660. The normalized spacial score (nSPS) is 12.1. The number of fused-ring (bicyclic) bond motifs is 1. The molecule has 0 aliphatic carbocycles. The lowest BCUT2D eigenvalue weighted by atomic mass is 10.0. The minimum atomic E-state index is -0.689. The lowest BCUT2D eigenvalue weighted by Gasteiger charge is -2.16. The van der Waals surface area contributed by atoms with Crippen LogP contribution in [-0.2, 0) is 16.0 Å². The summed E-state index contributed by atoms with van der Waals surface area (Å²) in [5.41, 5.74) is 1.96. The van der Waals surface area contributed by atoms with Crippen molar-refractivity contribution in [2.24, 2.45) is 0 Å². The van der Waals surface area contributed by atoms with Gasteiger partial charge in [-0.2, -0.15) is 0 Å². The van der Waals surface area contributed by atoms with Crippen molar-refractivity contribution in [2.75, 3.05) is 5.32 Å². The largest absolute Gasteiger partial charge is 0.361 e. The Morgan fingerprint density at radius 1 is 1.29 bits per heavy atom. The molecule has 0 aliphatic rings. The fourth-order valence-corrected chi connectivity index (χ4v) is 3.11. The number of nitrogens with zero attached hydrogens (tertiary/aromatic N) is 2. The van der Waals surface area contributed by atoms with Gasteiger partial charge in [-0.05, 0) is 18.6 Å². The van der Waals surface area contributed by atoms with Crippen molar-refractivity contribution < 1.29 is 9.59 Å². The molecule has 0 fully saturated rings. The number of hydrogen-bond acceptors (Lipinski definition) is 5. The number of aromatic amines is 1. The maximum absolute atomic E-state index is 12.5. The molecule has 0 spiro atoms. The Bertz CT molecular complexity index is 885. The van der Waals surface area contributed by atoms with E-state index >= 15 is 0 Å². The molecule has 0 saturated heterocycles. The van der Waals surface area contributed by atoms with Gasteiger partial charge in [0, 0.05) is 30.4 Å². The van der Waals surface area contributed by atoms with Crippen LogP contribution < -0.4 is 10.6 Å². The molecule has 24 heavy (non-hydrogen) atoms. The Labute approximate surface area is 142 Å². The van der Waals surface area contributed by atoms with Gasteiger partial charge in [-0.25, -0.2) is 0 Å². The van der Waals surface area contributed by atoms with Crippen molar-refractivity contribution in [3.8, 4) is 0 Å². The molecule has 2 amide bonds. The summed E-state index contributed by atoms with van der Waals surface area (Å²) in [6, 6.07) is 7.15. The summed E-state index contributed by atoms with van der Waals surface area (Å²) in [5, 5.41) is 15.4. The van der Waals surface area contributed by atoms with Gasteiger partial charge in [0.2, 0.25) is 16.9 Å². The maximum Gasteiger partial charge on any atom is 0.249 e. The number of H-pyrrole nitrogens is 1. The van der Waals surface area contributed by atoms with Gasteiger partial charge < -0.3 is 10.3 Å². The molecule has 3 aromatic rings. The number of aromatic nitrogens is 3. The van der Waals surface area contributed by atoms with E-state index in [0.29, 0.717) is 11.6 Å². The minimum Gasteiger partial charge on any atom is -0.361 e. The van der Waals surface area contributed by atoms with E-state index in [2.05, 4.69) is 25.8 Å². The molecule has 1 aromatic carbocycles.